The number of alkyl halides is 4. The number of carbonyl (C=O) groups is 5. The van der Waals surface area contributed by atoms with Gasteiger partial charge in [-0.3, -0.25) is 38.5 Å². The minimum atomic E-state index is -4.75. The van der Waals surface area contributed by atoms with Gasteiger partial charge in [0.25, 0.3) is 11.8 Å². The third kappa shape index (κ3) is 11.4. The molecule has 2 aromatic carbocycles. The molecule has 22 heteroatoms. The highest BCUT2D eigenvalue weighted by molar-refractivity contribution is 7.13. The van der Waals surface area contributed by atoms with Gasteiger partial charge in [0.1, 0.15) is 17.6 Å². The molecule has 0 bridgehead atoms. The van der Waals surface area contributed by atoms with Gasteiger partial charge in [0, 0.05) is 63.1 Å². The van der Waals surface area contributed by atoms with Crippen molar-refractivity contribution in [1.82, 2.24) is 45.0 Å². The molecule has 4 atom stereocenters. The molecule has 6 heterocycles. The second kappa shape index (κ2) is 20.9. The molecule has 0 radical (unpaired) electrons. The highest BCUT2D eigenvalue weighted by Crippen LogP contribution is 2.42. The lowest BCUT2D eigenvalue weighted by Crippen LogP contribution is -2.70. The number of benzene rings is 2. The summed E-state index contributed by atoms with van der Waals surface area (Å²) in [5.74, 6) is -2.50. The van der Waals surface area contributed by atoms with E-state index in [2.05, 4.69) is 40.7 Å². The van der Waals surface area contributed by atoms with Gasteiger partial charge in [0.15, 0.2) is 11.4 Å². The van der Waals surface area contributed by atoms with Gasteiger partial charge in [0.05, 0.1) is 53.0 Å². The zero-order valence-corrected chi connectivity index (χ0v) is 44.3. The molecule has 4 saturated heterocycles. The highest BCUT2D eigenvalue weighted by Gasteiger charge is 2.54. The lowest BCUT2D eigenvalue weighted by atomic mass is 9.85. The van der Waals surface area contributed by atoms with Crippen molar-refractivity contribution in [2.45, 2.75) is 140 Å². The van der Waals surface area contributed by atoms with Gasteiger partial charge in [-0.1, -0.05) is 51.1 Å². The van der Waals surface area contributed by atoms with Crippen LogP contribution in [0, 0.1) is 18.9 Å². The summed E-state index contributed by atoms with van der Waals surface area (Å²) in [6.45, 7) is 21.9. The number of likely N-dealkylation sites (tertiary alicyclic amines) is 4. The number of β-amino-alcohol motifs (C(OH)–C–C–N with tert-alkyl or cyclic N) is 1. The lowest BCUT2D eigenvalue weighted by Gasteiger charge is -2.55. The summed E-state index contributed by atoms with van der Waals surface area (Å²) in [5, 5.41) is 23.5. The molecule has 0 spiro atoms. The monoisotopic (exact) mass is 1070 g/mol. The van der Waals surface area contributed by atoms with E-state index < -0.39 is 81.9 Å². The number of aliphatic hydroxyl groups excluding tert-OH is 1. The first-order valence-corrected chi connectivity index (χ1v) is 26.7. The van der Waals surface area contributed by atoms with Crippen LogP contribution < -0.4 is 16.0 Å². The van der Waals surface area contributed by atoms with Gasteiger partial charge in [-0.05, 0) is 99.7 Å². The normalized spacial score (nSPS) is 21.5. The van der Waals surface area contributed by atoms with Gasteiger partial charge in [-0.25, -0.2) is 14.2 Å². The Morgan fingerprint density at radius 3 is 2.20 bits per heavy atom. The number of aliphatic hydroxyl groups is 1. The molecular weight excluding hydrogens is 1010 g/mol. The summed E-state index contributed by atoms with van der Waals surface area (Å²) in [6.07, 6.45) is -0.387. The van der Waals surface area contributed by atoms with Crippen molar-refractivity contribution in [3.05, 3.63) is 94.2 Å². The van der Waals surface area contributed by atoms with E-state index in [-0.39, 0.29) is 55.8 Å². The Morgan fingerprint density at radius 1 is 0.921 bits per heavy atom. The average molecular weight is 1070 g/mol. The second-order valence-corrected chi connectivity index (χ2v) is 23.6. The van der Waals surface area contributed by atoms with Crippen LogP contribution in [0.2, 0.25) is 0 Å². The first-order chi connectivity index (χ1) is 35.8. The highest BCUT2D eigenvalue weighted by atomic mass is 32.1. The first kappa shape index (κ1) is 54.5. The molecule has 17 nitrogen and oxygen atoms in total. The van der Waals surface area contributed by atoms with Crippen LogP contribution >= 0.6 is 11.3 Å². The third-order valence-corrected chi connectivity index (χ3v) is 16.9. The fraction of sp³-hybridized carbons (Fsp3) is 0.556. The molecule has 5 aliphatic rings. The van der Waals surface area contributed by atoms with Crippen molar-refractivity contribution in [1.29, 1.82) is 0 Å². The smallest absolute Gasteiger partial charge is 0.391 e. The van der Waals surface area contributed by atoms with Crippen LogP contribution in [0.3, 0.4) is 0 Å². The zero-order chi connectivity index (χ0) is 54.6. The Labute approximate surface area is 443 Å². The predicted molar refractivity (Wildman–Crippen MR) is 276 cm³/mol. The maximum absolute atomic E-state index is 14.8. The van der Waals surface area contributed by atoms with Crippen LogP contribution in [0.4, 0.5) is 28.9 Å². The molecule has 4 aromatic rings. The number of rotatable bonds is 15. The Kier molecular flexibility index (Phi) is 15.0. The fourth-order valence-electron chi connectivity index (χ4n) is 10.7. The minimum absolute atomic E-state index is 0.0490. The van der Waals surface area contributed by atoms with Crippen molar-refractivity contribution in [2.24, 2.45) is 5.41 Å². The molecular formula is C54H65F4N11O6S. The number of aromatic nitrogens is 3. The number of carbonyl (C=O) groups excluding carboxylic acids is 5. The van der Waals surface area contributed by atoms with Crippen molar-refractivity contribution >= 4 is 52.2 Å². The Balaban J connectivity index is 0.776. The van der Waals surface area contributed by atoms with E-state index in [1.165, 1.54) is 27.0 Å². The van der Waals surface area contributed by atoms with Gasteiger partial charge in [-0.2, -0.15) is 18.3 Å². The maximum atomic E-state index is 14.8. The van der Waals surface area contributed by atoms with Crippen LogP contribution in [0.25, 0.3) is 15.3 Å². The Bertz CT molecular complexity index is 2890. The summed E-state index contributed by atoms with van der Waals surface area (Å²) in [5.41, 5.74) is -0.573. The molecule has 4 aliphatic heterocycles. The number of anilines is 1. The number of nitrogens with zero attached hydrogens (tertiary/aromatic N) is 8. The Hall–Kier alpha value is -6.28. The van der Waals surface area contributed by atoms with Crippen LogP contribution in [-0.4, -0.2) is 151 Å². The standard InChI is InChI=1S/C54H65F4N11O6S/c1-31-45(76-30-60-31)34-10-8-33(9-11-34)42(63-47(72)43-21-39(70)29-68(43)48(73)46(51(2,3)4)64-50(75)53(55)16-17-53)22-44(71)67-27-38(28-67)66-25-37(26-66)65-18-14-32(15-19-65)35-23-61-69(24-35)52(5,6)49(74)62-36-12-13-41(59-7)40(20-36)54(56,57)58/h8-13,20,23-24,30,32,37-39,42-43,46,70H,14-19,21-22,25-29H2,1-6H3,(H,62,74)(H,63,72)(H,64,75)/t39-,42+,43+,46-/m1/s1. The summed E-state index contributed by atoms with van der Waals surface area (Å²) >= 11 is 1.51. The second-order valence-electron chi connectivity index (χ2n) is 22.7. The van der Waals surface area contributed by atoms with E-state index in [4.69, 9.17) is 6.57 Å². The zero-order valence-electron chi connectivity index (χ0n) is 43.5. The summed E-state index contributed by atoms with van der Waals surface area (Å²) < 4.78 is 57.1. The molecule has 9 rings (SSSR count). The number of hydrogen-bond acceptors (Lipinski definition) is 11. The molecule has 4 N–H and O–H groups in total. The molecule has 1 aliphatic carbocycles. The van der Waals surface area contributed by atoms with E-state index >= 15 is 0 Å². The van der Waals surface area contributed by atoms with E-state index in [1.54, 1.807) is 51.2 Å². The number of nitrogens with one attached hydrogen (secondary N) is 3. The summed E-state index contributed by atoms with van der Waals surface area (Å²) in [7, 11) is 0. The summed E-state index contributed by atoms with van der Waals surface area (Å²) in [6, 6.07) is 8.19. The average Bonchev–Trinajstić information content (AvgIpc) is 3.66. The molecule has 406 valence electrons. The number of hydrogen-bond donors (Lipinski definition) is 4. The van der Waals surface area contributed by atoms with Crippen LogP contribution in [0.15, 0.2) is 60.4 Å². The molecule has 5 fully saturated rings. The van der Waals surface area contributed by atoms with Crippen LogP contribution in [-0.2, 0) is 35.7 Å². The van der Waals surface area contributed by atoms with Crippen LogP contribution in [0.5, 0.6) is 0 Å². The SMILES string of the molecule is [C-]#[N+]c1ccc(NC(=O)C(C)(C)n2cc(C3CCN(C4CN(C5CN(C(=O)C[C@H](NC(=O)[C@@H]6C[C@@H](O)CN6C(=O)[C@@H](NC(=O)C6(F)CC6)C(C)(C)C)c6ccc(-c7scnc7C)cc6)C5)C4)CC3)cn2)cc1C(F)(F)F. The lowest BCUT2D eigenvalue weighted by molar-refractivity contribution is -0.145. The minimum Gasteiger partial charge on any atom is -0.391 e. The van der Waals surface area contributed by atoms with Crippen LogP contribution in [0.1, 0.15) is 107 Å². The summed E-state index contributed by atoms with van der Waals surface area (Å²) in [4.78, 5) is 85.1. The number of halogens is 4. The third-order valence-electron chi connectivity index (χ3n) is 15.9. The van der Waals surface area contributed by atoms with E-state index in [0.717, 1.165) is 72.9 Å². The maximum Gasteiger partial charge on any atom is 0.407 e. The molecule has 76 heavy (non-hydrogen) atoms. The van der Waals surface area contributed by atoms with Crippen molar-refractivity contribution in [3.63, 3.8) is 0 Å². The van der Waals surface area contributed by atoms with Gasteiger partial charge < -0.3 is 30.9 Å². The van der Waals surface area contributed by atoms with Gasteiger partial charge >= 0.3 is 6.18 Å². The number of aryl methyl sites for hydroxylation is 1. The van der Waals surface area contributed by atoms with Gasteiger partial charge in [-0.15, -0.1) is 11.3 Å². The van der Waals surface area contributed by atoms with Crippen molar-refractivity contribution < 1.29 is 46.6 Å². The molecule has 5 amide bonds. The van der Waals surface area contributed by atoms with Crippen molar-refractivity contribution in [3.8, 4) is 10.4 Å². The fourth-order valence-corrected chi connectivity index (χ4v) is 11.5. The first-order valence-electron chi connectivity index (χ1n) is 25.8. The molecule has 1 saturated carbocycles. The topological polar surface area (TPSA) is 190 Å². The quantitative estimate of drug-likeness (QED) is 0.0749. The number of amides is 5. The predicted octanol–water partition coefficient (Wildman–Crippen LogP) is 6.58. The number of piperidine rings is 1. The Morgan fingerprint density at radius 2 is 1.59 bits per heavy atom. The van der Waals surface area contributed by atoms with E-state index in [1.807, 2.05) is 37.4 Å². The molecule has 0 unspecified atom stereocenters. The molecule has 2 aromatic heterocycles. The van der Waals surface area contributed by atoms with E-state index in [0.29, 0.717) is 24.7 Å². The van der Waals surface area contributed by atoms with Crippen molar-refractivity contribution in [2.75, 3.05) is 51.1 Å². The number of thiazole rings is 1. The largest absolute Gasteiger partial charge is 0.407 e. The van der Waals surface area contributed by atoms with E-state index in [9.17, 15) is 46.6 Å². The van der Waals surface area contributed by atoms with Gasteiger partial charge in [0.2, 0.25) is 17.7 Å².